The molecule has 0 saturated heterocycles. The van der Waals surface area contributed by atoms with Crippen LogP contribution in [0.3, 0.4) is 0 Å². The van der Waals surface area contributed by atoms with E-state index in [1.54, 1.807) is 0 Å². The van der Waals surface area contributed by atoms with Gasteiger partial charge in [-0.3, -0.25) is 0 Å². The van der Waals surface area contributed by atoms with Gasteiger partial charge in [-0.05, 0) is 26.7 Å². The lowest BCUT2D eigenvalue weighted by Crippen LogP contribution is -2.42. The van der Waals surface area contributed by atoms with Crippen molar-refractivity contribution in [1.82, 2.24) is 0 Å². The molecule has 0 N–H and O–H groups in total. The number of hydrogen-bond donors (Lipinski definition) is 0. The molecular weight excluding hydrogens is 248 g/mol. The fourth-order valence-electron chi connectivity index (χ4n) is 2.87. The molecule has 2 nitrogen and oxygen atoms in total. The Morgan fingerprint density at radius 3 is 1.90 bits per heavy atom. The largest absolute Gasteiger partial charge is 0.350 e. The summed E-state index contributed by atoms with van der Waals surface area (Å²) in [6, 6.07) is 0. The predicted molar refractivity (Wildman–Crippen MR) is 88.0 cm³/mol. The van der Waals surface area contributed by atoms with Gasteiger partial charge < -0.3 is 9.47 Å². The highest BCUT2D eigenvalue weighted by Gasteiger charge is 2.36. The maximum atomic E-state index is 5.97. The molecule has 0 fully saturated rings. The first kappa shape index (κ1) is 19.7. The van der Waals surface area contributed by atoms with E-state index in [1.807, 2.05) is 19.9 Å². The van der Waals surface area contributed by atoms with Crippen LogP contribution in [0.15, 0.2) is 12.7 Å². The summed E-state index contributed by atoms with van der Waals surface area (Å²) >= 11 is 0. The number of rotatable bonds is 14. The highest BCUT2D eigenvalue weighted by molar-refractivity contribution is 4.91. The van der Waals surface area contributed by atoms with E-state index >= 15 is 0 Å². The third-order valence-electron chi connectivity index (χ3n) is 3.99. The molecule has 20 heavy (non-hydrogen) atoms. The SMILES string of the molecule is C=CC(CCCCCCCC)C(CC)(OCC)OCC. The Balaban J connectivity index is 4.32. The standard InChI is InChI=1S/C18H36O2/c1-6-11-12-13-14-15-16-17(7-2)18(8-3,19-9-4)20-10-5/h7,17H,2,6,8-16H2,1,3-5H3. The molecule has 1 atom stereocenters. The van der Waals surface area contributed by atoms with Gasteiger partial charge in [0.2, 0.25) is 0 Å². The normalized spacial score (nSPS) is 13.4. The van der Waals surface area contributed by atoms with Crippen LogP contribution in [-0.4, -0.2) is 19.0 Å². The van der Waals surface area contributed by atoms with E-state index in [0.717, 1.165) is 12.8 Å². The first-order valence-corrected chi connectivity index (χ1v) is 8.61. The Kier molecular flexibility index (Phi) is 12.2. The molecule has 0 aliphatic heterocycles. The van der Waals surface area contributed by atoms with Crippen LogP contribution in [-0.2, 0) is 9.47 Å². The Morgan fingerprint density at radius 1 is 0.900 bits per heavy atom. The average molecular weight is 284 g/mol. The first-order chi connectivity index (χ1) is 9.70. The summed E-state index contributed by atoms with van der Waals surface area (Å²) in [7, 11) is 0. The van der Waals surface area contributed by atoms with Crippen molar-refractivity contribution in [2.45, 2.75) is 84.8 Å². The lowest BCUT2D eigenvalue weighted by atomic mass is 9.90. The van der Waals surface area contributed by atoms with E-state index < -0.39 is 5.79 Å². The molecular formula is C18H36O2. The van der Waals surface area contributed by atoms with Crippen LogP contribution in [0.25, 0.3) is 0 Å². The molecule has 0 bridgehead atoms. The number of unbranched alkanes of at least 4 members (excludes halogenated alkanes) is 5. The minimum Gasteiger partial charge on any atom is -0.350 e. The van der Waals surface area contributed by atoms with Gasteiger partial charge in [0.15, 0.2) is 5.79 Å². The van der Waals surface area contributed by atoms with Gasteiger partial charge in [-0.2, -0.15) is 0 Å². The minimum atomic E-state index is -0.464. The molecule has 120 valence electrons. The molecule has 2 heteroatoms. The van der Waals surface area contributed by atoms with E-state index in [-0.39, 0.29) is 0 Å². The summed E-state index contributed by atoms with van der Waals surface area (Å²) in [4.78, 5) is 0. The fourth-order valence-corrected chi connectivity index (χ4v) is 2.87. The second kappa shape index (κ2) is 12.4. The highest BCUT2D eigenvalue weighted by Crippen LogP contribution is 2.32. The summed E-state index contributed by atoms with van der Waals surface area (Å²) in [6.45, 7) is 13.9. The monoisotopic (exact) mass is 284 g/mol. The second-order valence-electron chi connectivity index (χ2n) is 5.43. The van der Waals surface area contributed by atoms with Crippen LogP contribution in [0, 0.1) is 5.92 Å². The summed E-state index contributed by atoms with van der Waals surface area (Å²) < 4.78 is 11.9. The van der Waals surface area contributed by atoms with E-state index in [9.17, 15) is 0 Å². The molecule has 1 unspecified atom stereocenters. The third-order valence-corrected chi connectivity index (χ3v) is 3.99. The Morgan fingerprint density at radius 2 is 1.45 bits per heavy atom. The zero-order chi connectivity index (χ0) is 15.3. The Bertz CT molecular complexity index is 219. The van der Waals surface area contributed by atoms with Crippen molar-refractivity contribution in [3.8, 4) is 0 Å². The molecule has 0 aromatic rings. The molecule has 0 aliphatic rings. The summed E-state index contributed by atoms with van der Waals surface area (Å²) in [5, 5.41) is 0. The first-order valence-electron chi connectivity index (χ1n) is 8.61. The smallest absolute Gasteiger partial charge is 0.174 e. The zero-order valence-corrected chi connectivity index (χ0v) is 14.2. The van der Waals surface area contributed by atoms with Crippen LogP contribution in [0.5, 0.6) is 0 Å². The fraction of sp³-hybridized carbons (Fsp3) is 0.889. The lowest BCUT2D eigenvalue weighted by molar-refractivity contribution is -0.257. The van der Waals surface area contributed by atoms with Gasteiger partial charge in [-0.25, -0.2) is 0 Å². The summed E-state index contributed by atoms with van der Waals surface area (Å²) in [6.07, 6.45) is 12.0. The van der Waals surface area contributed by atoms with Gasteiger partial charge in [-0.15, -0.1) is 6.58 Å². The van der Waals surface area contributed by atoms with Crippen molar-refractivity contribution in [3.05, 3.63) is 12.7 Å². The van der Waals surface area contributed by atoms with Gasteiger partial charge in [-0.1, -0.05) is 58.4 Å². The van der Waals surface area contributed by atoms with Crippen LogP contribution >= 0.6 is 0 Å². The van der Waals surface area contributed by atoms with Crippen molar-refractivity contribution in [1.29, 1.82) is 0 Å². The van der Waals surface area contributed by atoms with Crippen molar-refractivity contribution >= 4 is 0 Å². The Hall–Kier alpha value is -0.340. The van der Waals surface area contributed by atoms with E-state index in [0.29, 0.717) is 19.1 Å². The molecule has 0 heterocycles. The summed E-state index contributed by atoms with van der Waals surface area (Å²) in [5.41, 5.74) is 0. The Labute approximate surface area is 126 Å². The maximum Gasteiger partial charge on any atom is 0.174 e. The van der Waals surface area contributed by atoms with E-state index in [2.05, 4.69) is 20.4 Å². The van der Waals surface area contributed by atoms with E-state index in [4.69, 9.17) is 9.47 Å². The highest BCUT2D eigenvalue weighted by atomic mass is 16.7. The van der Waals surface area contributed by atoms with Gasteiger partial charge in [0, 0.05) is 19.1 Å². The van der Waals surface area contributed by atoms with Crippen molar-refractivity contribution < 1.29 is 9.47 Å². The minimum absolute atomic E-state index is 0.290. The predicted octanol–water partition coefficient (Wildman–Crippen LogP) is 5.72. The lowest BCUT2D eigenvalue weighted by Gasteiger charge is -2.38. The van der Waals surface area contributed by atoms with Gasteiger partial charge in [0.05, 0.1) is 0 Å². The maximum absolute atomic E-state index is 5.97. The van der Waals surface area contributed by atoms with Gasteiger partial charge >= 0.3 is 0 Å². The third kappa shape index (κ3) is 6.90. The molecule has 0 aromatic heterocycles. The van der Waals surface area contributed by atoms with Gasteiger partial charge in [0.1, 0.15) is 0 Å². The van der Waals surface area contributed by atoms with Crippen molar-refractivity contribution in [2.75, 3.05) is 13.2 Å². The van der Waals surface area contributed by atoms with Crippen LogP contribution in [0.4, 0.5) is 0 Å². The average Bonchev–Trinajstić information content (AvgIpc) is 2.46. The van der Waals surface area contributed by atoms with Crippen molar-refractivity contribution in [2.24, 2.45) is 5.92 Å². The van der Waals surface area contributed by atoms with Crippen LogP contribution in [0.1, 0.15) is 79.1 Å². The topological polar surface area (TPSA) is 18.5 Å². The molecule has 0 aromatic carbocycles. The molecule has 0 rings (SSSR count). The quantitative estimate of drug-likeness (QED) is 0.231. The zero-order valence-electron chi connectivity index (χ0n) is 14.2. The molecule has 0 saturated carbocycles. The molecule has 0 amide bonds. The number of ether oxygens (including phenoxy) is 2. The number of hydrogen-bond acceptors (Lipinski definition) is 2. The van der Waals surface area contributed by atoms with Gasteiger partial charge in [0.25, 0.3) is 0 Å². The van der Waals surface area contributed by atoms with Crippen LogP contribution < -0.4 is 0 Å². The summed E-state index contributed by atoms with van der Waals surface area (Å²) in [5.74, 6) is -0.173. The van der Waals surface area contributed by atoms with Crippen LogP contribution in [0.2, 0.25) is 0 Å². The molecule has 0 aliphatic carbocycles. The molecule has 0 radical (unpaired) electrons. The molecule has 0 spiro atoms. The second-order valence-corrected chi connectivity index (χ2v) is 5.43. The van der Waals surface area contributed by atoms with E-state index in [1.165, 1.54) is 38.5 Å². The van der Waals surface area contributed by atoms with Crippen molar-refractivity contribution in [3.63, 3.8) is 0 Å².